The van der Waals surface area contributed by atoms with Crippen molar-refractivity contribution in [2.45, 2.75) is 98.0 Å². The fourth-order valence-corrected chi connectivity index (χ4v) is 9.93. The molecule has 6 bridgehead atoms. The summed E-state index contributed by atoms with van der Waals surface area (Å²) in [6.07, 6.45) is 5.34. The Morgan fingerprint density at radius 1 is 1.12 bits per heavy atom. The monoisotopic (exact) mass is 932 g/mol. The first-order valence-electron chi connectivity index (χ1n) is 22.6. The summed E-state index contributed by atoms with van der Waals surface area (Å²) < 4.78 is 14.2. The van der Waals surface area contributed by atoms with Gasteiger partial charge in [-0.2, -0.15) is 0 Å². The standard InChI is InChI=1S/C50H60N8O8S/c1-10-40(60)54-41-26-52-46(67-41)48(63)56(8)43(28(3)4)45(61)53-38-22-30-20-32(23-33(59)21-30)31-16-17-39-35(24-31)36(44(57(39)11-2)34-14-12-18-51-42(34)29(5)65-9)25-50(6,7)27-66-49(64)37-15-13-19-58(55-37)47(38)62/h10,12,14,16-18,20-21,23-24,26,28-29,37-38,43,55,59H,1,11,13,15,19,22,25,27H2,2-9H3,(H,53,61)(H,54,60)/t29-,37-,38-,43-/m0/s1. The van der Waals surface area contributed by atoms with Gasteiger partial charge in [-0.05, 0) is 104 Å². The number of hydrogen-bond donors (Lipinski definition) is 4. The number of thiazole rings is 1. The van der Waals surface area contributed by atoms with Crippen molar-refractivity contribution < 1.29 is 38.6 Å². The van der Waals surface area contributed by atoms with Gasteiger partial charge in [-0.25, -0.2) is 10.4 Å². The number of ether oxygens (including phenoxy) is 2. The molecular weight excluding hydrogens is 873 g/mol. The van der Waals surface area contributed by atoms with Crippen LogP contribution in [0.1, 0.15) is 87.1 Å². The number of phenolic OH excluding ortho intramolecular Hbond substituents is 1. The van der Waals surface area contributed by atoms with Crippen LogP contribution in [0.15, 0.2) is 73.6 Å². The Labute approximate surface area is 394 Å². The quantitative estimate of drug-likeness (QED) is 0.0801. The Kier molecular flexibility index (Phi) is 14.6. The molecular formula is C50H60N8O8S. The van der Waals surface area contributed by atoms with Gasteiger partial charge in [0.25, 0.3) is 11.8 Å². The van der Waals surface area contributed by atoms with Gasteiger partial charge in [0.15, 0.2) is 5.01 Å². The van der Waals surface area contributed by atoms with Crippen LogP contribution in [-0.2, 0) is 48.0 Å². The van der Waals surface area contributed by atoms with Crippen LogP contribution in [0.4, 0.5) is 5.00 Å². The van der Waals surface area contributed by atoms with E-state index in [1.165, 1.54) is 23.2 Å². The van der Waals surface area contributed by atoms with E-state index in [4.69, 9.17) is 14.5 Å². The summed E-state index contributed by atoms with van der Waals surface area (Å²) in [5, 5.41) is 19.6. The third-order valence-corrected chi connectivity index (χ3v) is 13.3. The number of hydrogen-bond acceptors (Lipinski definition) is 12. The summed E-state index contributed by atoms with van der Waals surface area (Å²) in [7, 11) is 3.15. The number of nitrogens with zero attached hydrogens (tertiary/aromatic N) is 5. The van der Waals surface area contributed by atoms with Gasteiger partial charge in [0.1, 0.15) is 28.9 Å². The lowest BCUT2D eigenvalue weighted by Crippen LogP contribution is -2.62. The number of aromatic nitrogens is 3. The number of aryl methyl sites for hydroxylation is 1. The second kappa shape index (κ2) is 20.2. The molecule has 2 aliphatic heterocycles. The molecule has 4 N–H and O–H groups in total. The Hall–Kier alpha value is -6.43. The molecule has 5 aromatic rings. The number of esters is 1. The number of phenols is 1. The summed E-state index contributed by atoms with van der Waals surface area (Å²) >= 11 is 0.956. The minimum Gasteiger partial charge on any atom is -0.508 e. The Morgan fingerprint density at radius 3 is 2.61 bits per heavy atom. The summed E-state index contributed by atoms with van der Waals surface area (Å²) in [5.41, 5.74) is 9.39. The van der Waals surface area contributed by atoms with Crippen molar-refractivity contribution in [2.24, 2.45) is 11.3 Å². The molecule has 67 heavy (non-hydrogen) atoms. The smallest absolute Gasteiger partial charge is 0.324 e. The molecule has 2 aliphatic rings. The molecule has 5 heterocycles. The van der Waals surface area contributed by atoms with Crippen molar-refractivity contribution in [3.63, 3.8) is 0 Å². The number of rotatable bonds is 11. The first-order valence-corrected chi connectivity index (χ1v) is 23.4. The van der Waals surface area contributed by atoms with E-state index in [2.05, 4.69) is 71.2 Å². The van der Waals surface area contributed by atoms with Gasteiger partial charge in [0.2, 0.25) is 11.8 Å². The van der Waals surface area contributed by atoms with Gasteiger partial charge in [-0.1, -0.05) is 57.7 Å². The van der Waals surface area contributed by atoms with Crippen molar-refractivity contribution in [1.29, 1.82) is 0 Å². The van der Waals surface area contributed by atoms with Crippen molar-refractivity contribution in [3.05, 3.63) is 95.4 Å². The maximum atomic E-state index is 14.7. The van der Waals surface area contributed by atoms with Crippen LogP contribution < -0.4 is 16.1 Å². The second-order valence-corrected chi connectivity index (χ2v) is 19.4. The molecule has 354 valence electrons. The Morgan fingerprint density at radius 2 is 1.90 bits per heavy atom. The second-order valence-electron chi connectivity index (χ2n) is 18.4. The van der Waals surface area contributed by atoms with Gasteiger partial charge in [-0.15, -0.1) is 0 Å². The molecule has 0 saturated carbocycles. The molecule has 17 heteroatoms. The van der Waals surface area contributed by atoms with E-state index in [0.29, 0.717) is 41.9 Å². The third kappa shape index (κ3) is 10.4. The molecule has 4 atom stereocenters. The van der Waals surface area contributed by atoms with Crippen molar-refractivity contribution in [1.82, 2.24) is 35.2 Å². The number of carbonyl (C=O) groups excluding carboxylic acids is 5. The largest absolute Gasteiger partial charge is 0.508 e. The molecule has 4 amide bonds. The normalized spacial score (nSPS) is 18.4. The first-order chi connectivity index (χ1) is 31.9. The van der Waals surface area contributed by atoms with Gasteiger partial charge in [0, 0.05) is 61.7 Å². The van der Waals surface area contributed by atoms with E-state index >= 15 is 0 Å². The average molecular weight is 933 g/mol. The fraction of sp³-hybridized carbons (Fsp3) is 0.420. The highest BCUT2D eigenvalue weighted by atomic mass is 32.1. The van der Waals surface area contributed by atoms with E-state index in [1.807, 2.05) is 25.1 Å². The summed E-state index contributed by atoms with van der Waals surface area (Å²) in [6, 6.07) is 12.2. The number of hydrazine groups is 1. The number of likely N-dealkylation sites (N-methyl/N-ethyl adjacent to an activating group) is 1. The summed E-state index contributed by atoms with van der Waals surface area (Å²) in [4.78, 5) is 79.0. The van der Waals surface area contributed by atoms with Crippen LogP contribution in [-0.4, -0.2) is 105 Å². The lowest BCUT2D eigenvalue weighted by atomic mass is 9.84. The minimum atomic E-state index is -1.20. The van der Waals surface area contributed by atoms with E-state index in [1.54, 1.807) is 39.3 Å². The van der Waals surface area contributed by atoms with Crippen molar-refractivity contribution >= 4 is 56.8 Å². The Balaban J connectivity index is 1.31. The van der Waals surface area contributed by atoms with E-state index in [0.717, 1.165) is 56.4 Å². The van der Waals surface area contributed by atoms with E-state index < -0.39 is 59.1 Å². The number of benzene rings is 2. The molecule has 7 rings (SSSR count). The molecule has 0 unspecified atom stereocenters. The van der Waals surface area contributed by atoms with Crippen molar-refractivity contribution in [3.8, 4) is 28.1 Å². The molecule has 0 aliphatic carbocycles. The number of cyclic esters (lactones) is 1. The zero-order valence-electron chi connectivity index (χ0n) is 39.3. The molecule has 2 aromatic carbocycles. The SMILES string of the molecule is C=CC(=O)Nc1cnc(C(=O)N(C)[C@H](C(=O)N[C@H]2Cc3cc(O)cc(c3)-c3ccc4c(c3)c(c(-c3cccnc3[C@H](C)OC)n4CC)CC(C)(C)COC(=O)[C@@H]3CCCN(N3)C2=O)C(C)C)s1. The summed E-state index contributed by atoms with van der Waals surface area (Å²) in [5.74, 6) is -3.06. The zero-order valence-corrected chi connectivity index (χ0v) is 40.2. The fourth-order valence-electron chi connectivity index (χ4n) is 9.13. The van der Waals surface area contributed by atoms with Crippen molar-refractivity contribution in [2.75, 3.05) is 32.6 Å². The molecule has 3 aromatic heterocycles. The van der Waals surface area contributed by atoms with E-state index in [9.17, 15) is 29.1 Å². The number of anilines is 1. The zero-order chi connectivity index (χ0) is 48.3. The van der Waals surface area contributed by atoms with Gasteiger partial charge in [0.05, 0.1) is 30.3 Å². The Bertz CT molecular complexity index is 2710. The van der Waals surface area contributed by atoms with Crippen LogP contribution in [0.2, 0.25) is 0 Å². The topological polar surface area (TPSA) is 197 Å². The molecule has 0 spiro atoms. The number of nitrogens with one attached hydrogen (secondary N) is 3. The number of carbonyl (C=O) groups is 5. The number of aromatic hydroxyl groups is 1. The predicted molar refractivity (Wildman–Crippen MR) is 257 cm³/mol. The lowest BCUT2D eigenvalue weighted by molar-refractivity contribution is -0.155. The lowest BCUT2D eigenvalue weighted by Gasteiger charge is -2.36. The highest BCUT2D eigenvalue weighted by Gasteiger charge is 2.38. The molecule has 1 saturated heterocycles. The van der Waals surface area contributed by atoms with Gasteiger partial charge in [-0.3, -0.25) is 34.0 Å². The predicted octanol–water partition coefficient (Wildman–Crippen LogP) is 6.83. The number of fused-ring (bicyclic) bond motifs is 6. The minimum absolute atomic E-state index is 0.0300. The molecule has 16 nitrogen and oxygen atoms in total. The maximum Gasteiger partial charge on any atom is 0.324 e. The van der Waals surface area contributed by atoms with Crippen LogP contribution >= 0.6 is 11.3 Å². The highest BCUT2D eigenvalue weighted by Crippen LogP contribution is 2.42. The van der Waals surface area contributed by atoms with Gasteiger partial charge >= 0.3 is 5.97 Å². The molecule has 1 fully saturated rings. The van der Waals surface area contributed by atoms with E-state index in [-0.39, 0.29) is 36.4 Å². The number of amides is 4. The summed E-state index contributed by atoms with van der Waals surface area (Å²) in [6.45, 7) is 16.2. The maximum absolute atomic E-state index is 14.7. The third-order valence-electron chi connectivity index (χ3n) is 12.4. The highest BCUT2D eigenvalue weighted by molar-refractivity contribution is 7.17. The average Bonchev–Trinajstić information content (AvgIpc) is 3.90. The number of pyridine rings is 1. The number of methoxy groups -OCH3 is 1. The van der Waals surface area contributed by atoms with Crippen LogP contribution in [0.5, 0.6) is 5.75 Å². The van der Waals surface area contributed by atoms with Gasteiger partial charge < -0.3 is 34.7 Å². The first kappa shape index (κ1) is 48.5. The van der Waals surface area contributed by atoms with Crippen LogP contribution in [0, 0.1) is 11.3 Å². The molecule has 0 radical (unpaired) electrons. The van der Waals surface area contributed by atoms with Crippen LogP contribution in [0.3, 0.4) is 0 Å². The van der Waals surface area contributed by atoms with Crippen LogP contribution in [0.25, 0.3) is 33.3 Å².